The number of halogens is 1. The van der Waals surface area contributed by atoms with Gasteiger partial charge in [-0.15, -0.1) is 0 Å². The number of anilines is 2. The van der Waals surface area contributed by atoms with Crippen LogP contribution in [0.3, 0.4) is 0 Å². The standard InChI is InChI=1S/C24H27ClN2O7/c1-3-4-13-33-24(31)16-5-8-18(9-6-16)26-21(28)11-12-23(30)34-15-22(29)27-19-14-17(25)7-10-20(19)32-2/h5-10,14H,3-4,11-13,15H2,1-2H3,(H,26,28)(H,27,29). The molecule has 0 aromatic heterocycles. The van der Waals surface area contributed by atoms with Crippen molar-refractivity contribution in [3.63, 3.8) is 0 Å². The van der Waals surface area contributed by atoms with Gasteiger partial charge in [0.2, 0.25) is 5.91 Å². The minimum absolute atomic E-state index is 0.136. The van der Waals surface area contributed by atoms with Crippen molar-refractivity contribution in [3.8, 4) is 5.75 Å². The molecule has 9 nitrogen and oxygen atoms in total. The summed E-state index contributed by atoms with van der Waals surface area (Å²) in [7, 11) is 1.45. The number of carbonyl (C=O) groups excluding carboxylic acids is 4. The van der Waals surface area contributed by atoms with Crippen LogP contribution in [-0.4, -0.2) is 44.1 Å². The minimum Gasteiger partial charge on any atom is -0.495 e. The van der Waals surface area contributed by atoms with Crippen molar-refractivity contribution in [2.75, 3.05) is 31.0 Å². The third kappa shape index (κ3) is 9.11. The number of esters is 2. The third-order valence-corrected chi connectivity index (χ3v) is 4.73. The van der Waals surface area contributed by atoms with Crippen LogP contribution in [0.25, 0.3) is 0 Å². The van der Waals surface area contributed by atoms with Crippen LogP contribution in [0.4, 0.5) is 11.4 Å². The van der Waals surface area contributed by atoms with Crippen LogP contribution in [-0.2, 0) is 23.9 Å². The molecule has 0 spiro atoms. The summed E-state index contributed by atoms with van der Waals surface area (Å²) in [4.78, 5) is 47.9. The molecule has 2 rings (SSSR count). The molecule has 182 valence electrons. The number of unbranched alkanes of at least 4 members (excludes halogenated alkanes) is 1. The number of carbonyl (C=O) groups is 4. The van der Waals surface area contributed by atoms with Crippen LogP contribution in [0.2, 0.25) is 5.02 Å². The number of hydrogen-bond acceptors (Lipinski definition) is 7. The zero-order valence-electron chi connectivity index (χ0n) is 19.0. The smallest absolute Gasteiger partial charge is 0.338 e. The highest BCUT2D eigenvalue weighted by molar-refractivity contribution is 6.31. The Morgan fingerprint density at radius 1 is 0.912 bits per heavy atom. The van der Waals surface area contributed by atoms with Crippen LogP contribution in [0.15, 0.2) is 42.5 Å². The van der Waals surface area contributed by atoms with E-state index in [0.29, 0.717) is 34.3 Å². The Kier molecular flexibility index (Phi) is 10.9. The summed E-state index contributed by atoms with van der Waals surface area (Å²) in [6, 6.07) is 10.9. The van der Waals surface area contributed by atoms with Crippen molar-refractivity contribution in [1.82, 2.24) is 0 Å². The van der Waals surface area contributed by atoms with Gasteiger partial charge in [-0.3, -0.25) is 14.4 Å². The lowest BCUT2D eigenvalue weighted by Gasteiger charge is -2.11. The summed E-state index contributed by atoms with van der Waals surface area (Å²) in [5.74, 6) is -1.71. The molecule has 0 saturated heterocycles. The second kappa shape index (κ2) is 13.8. The highest BCUT2D eigenvalue weighted by Gasteiger charge is 2.13. The Hall–Kier alpha value is -3.59. The van der Waals surface area contributed by atoms with Crippen molar-refractivity contribution in [2.24, 2.45) is 0 Å². The van der Waals surface area contributed by atoms with E-state index in [0.717, 1.165) is 12.8 Å². The van der Waals surface area contributed by atoms with E-state index in [1.165, 1.54) is 13.2 Å². The van der Waals surface area contributed by atoms with E-state index >= 15 is 0 Å². The van der Waals surface area contributed by atoms with Gasteiger partial charge in [0.1, 0.15) is 5.75 Å². The number of hydrogen-bond donors (Lipinski definition) is 2. The lowest BCUT2D eigenvalue weighted by atomic mass is 10.2. The molecule has 0 unspecified atom stereocenters. The lowest BCUT2D eigenvalue weighted by Crippen LogP contribution is -2.22. The maximum Gasteiger partial charge on any atom is 0.338 e. The molecule has 0 heterocycles. The summed E-state index contributed by atoms with van der Waals surface area (Å²) >= 11 is 5.91. The van der Waals surface area contributed by atoms with Crippen LogP contribution < -0.4 is 15.4 Å². The van der Waals surface area contributed by atoms with Crippen LogP contribution in [0.1, 0.15) is 43.0 Å². The van der Waals surface area contributed by atoms with E-state index in [9.17, 15) is 19.2 Å². The number of benzene rings is 2. The summed E-state index contributed by atoms with van der Waals surface area (Å²) in [6.07, 6.45) is 1.38. The van der Waals surface area contributed by atoms with Crippen LogP contribution >= 0.6 is 11.6 Å². The highest BCUT2D eigenvalue weighted by atomic mass is 35.5. The lowest BCUT2D eigenvalue weighted by molar-refractivity contribution is -0.147. The number of ether oxygens (including phenoxy) is 3. The van der Waals surface area contributed by atoms with Gasteiger partial charge < -0.3 is 24.8 Å². The zero-order chi connectivity index (χ0) is 24.9. The molecular formula is C24H27ClN2O7. The van der Waals surface area contributed by atoms with Gasteiger partial charge >= 0.3 is 11.9 Å². The molecule has 0 saturated carbocycles. The summed E-state index contributed by atoms with van der Waals surface area (Å²) in [5.41, 5.74) is 1.19. The first-order valence-corrected chi connectivity index (χ1v) is 11.1. The van der Waals surface area contributed by atoms with Crippen molar-refractivity contribution in [3.05, 3.63) is 53.1 Å². The number of amides is 2. The fourth-order valence-corrected chi connectivity index (χ4v) is 2.88. The van der Waals surface area contributed by atoms with Crippen molar-refractivity contribution in [2.45, 2.75) is 32.6 Å². The van der Waals surface area contributed by atoms with E-state index in [-0.39, 0.29) is 12.8 Å². The van der Waals surface area contributed by atoms with Gasteiger partial charge in [0, 0.05) is 17.1 Å². The Morgan fingerprint density at radius 3 is 2.32 bits per heavy atom. The molecule has 2 N–H and O–H groups in total. The third-order valence-electron chi connectivity index (χ3n) is 4.49. The first-order valence-electron chi connectivity index (χ1n) is 10.7. The molecule has 0 aliphatic carbocycles. The second-order valence-corrected chi connectivity index (χ2v) is 7.60. The molecule has 0 aliphatic heterocycles. The number of nitrogens with one attached hydrogen (secondary N) is 2. The molecule has 2 amide bonds. The molecule has 0 radical (unpaired) electrons. The average Bonchev–Trinajstić information content (AvgIpc) is 2.82. The topological polar surface area (TPSA) is 120 Å². The van der Waals surface area contributed by atoms with E-state index in [4.69, 9.17) is 25.8 Å². The SMILES string of the molecule is CCCCOC(=O)c1ccc(NC(=O)CCC(=O)OCC(=O)Nc2cc(Cl)ccc2OC)cc1. The monoisotopic (exact) mass is 490 g/mol. The largest absolute Gasteiger partial charge is 0.495 e. The zero-order valence-corrected chi connectivity index (χ0v) is 19.8. The number of methoxy groups -OCH3 is 1. The first-order chi connectivity index (χ1) is 16.3. The molecule has 2 aromatic rings. The van der Waals surface area contributed by atoms with Gasteiger partial charge in [0.25, 0.3) is 5.91 Å². The molecule has 34 heavy (non-hydrogen) atoms. The van der Waals surface area contributed by atoms with Crippen LogP contribution in [0.5, 0.6) is 5.75 Å². The predicted octanol–water partition coefficient (Wildman–Crippen LogP) is 4.21. The van der Waals surface area contributed by atoms with Gasteiger partial charge in [-0.2, -0.15) is 0 Å². The summed E-state index contributed by atoms with van der Waals surface area (Å²) < 4.78 is 15.2. The predicted molar refractivity (Wildman–Crippen MR) is 127 cm³/mol. The molecular weight excluding hydrogens is 464 g/mol. The van der Waals surface area contributed by atoms with Gasteiger partial charge in [0.15, 0.2) is 6.61 Å². The van der Waals surface area contributed by atoms with E-state index in [1.807, 2.05) is 6.92 Å². The Morgan fingerprint density at radius 2 is 1.65 bits per heavy atom. The van der Waals surface area contributed by atoms with Gasteiger partial charge in [-0.1, -0.05) is 24.9 Å². The van der Waals surface area contributed by atoms with Crippen molar-refractivity contribution < 1.29 is 33.4 Å². The fourth-order valence-electron chi connectivity index (χ4n) is 2.70. The van der Waals surface area contributed by atoms with Gasteiger partial charge in [-0.25, -0.2) is 4.79 Å². The van der Waals surface area contributed by atoms with Gasteiger partial charge in [-0.05, 0) is 48.9 Å². The molecule has 0 aliphatic rings. The molecule has 2 aromatic carbocycles. The molecule has 10 heteroatoms. The first kappa shape index (κ1) is 26.7. The van der Waals surface area contributed by atoms with E-state index in [1.54, 1.807) is 36.4 Å². The Labute approximate surface area is 202 Å². The fraction of sp³-hybridized carbons (Fsp3) is 0.333. The summed E-state index contributed by atoms with van der Waals surface area (Å²) in [6.45, 7) is 1.84. The van der Waals surface area contributed by atoms with E-state index in [2.05, 4.69) is 10.6 Å². The second-order valence-electron chi connectivity index (χ2n) is 7.17. The normalized spacial score (nSPS) is 10.2. The molecule has 0 atom stereocenters. The van der Waals surface area contributed by atoms with Crippen LogP contribution in [0, 0.1) is 0 Å². The number of rotatable bonds is 12. The molecule has 0 bridgehead atoms. The molecule has 0 fully saturated rings. The van der Waals surface area contributed by atoms with Crippen molar-refractivity contribution in [1.29, 1.82) is 0 Å². The summed E-state index contributed by atoms with van der Waals surface area (Å²) in [5, 5.41) is 5.57. The highest BCUT2D eigenvalue weighted by Crippen LogP contribution is 2.27. The average molecular weight is 491 g/mol. The maximum absolute atomic E-state index is 12.1. The maximum atomic E-state index is 12.1. The van der Waals surface area contributed by atoms with Gasteiger partial charge in [0.05, 0.1) is 31.4 Å². The van der Waals surface area contributed by atoms with E-state index < -0.39 is 30.4 Å². The Balaban J connectivity index is 1.71. The Bertz CT molecular complexity index is 1010. The minimum atomic E-state index is -0.700. The quantitative estimate of drug-likeness (QED) is 0.338. The van der Waals surface area contributed by atoms with Crippen molar-refractivity contribution >= 4 is 46.7 Å².